The first-order chi connectivity index (χ1) is 13.8. The summed E-state index contributed by atoms with van der Waals surface area (Å²) in [5, 5.41) is 16.0. The first-order valence-electron chi connectivity index (χ1n) is 9.48. The van der Waals surface area contributed by atoms with Gasteiger partial charge in [-0.2, -0.15) is 0 Å². The number of amides is 1. The Balaban J connectivity index is 1.52. The Morgan fingerprint density at radius 3 is 2.52 bits per heavy atom. The molecule has 6 heteroatoms. The second kappa shape index (κ2) is 9.27. The maximum Gasteiger partial charge on any atom is 0.279 e. The fourth-order valence-electron chi connectivity index (χ4n) is 3.32. The van der Waals surface area contributed by atoms with E-state index in [2.05, 4.69) is 5.32 Å². The van der Waals surface area contributed by atoms with Gasteiger partial charge in [0.05, 0.1) is 14.1 Å². The van der Waals surface area contributed by atoms with Crippen LogP contribution in [0.5, 0.6) is 5.75 Å². The van der Waals surface area contributed by atoms with Crippen molar-refractivity contribution >= 4 is 34.0 Å². The van der Waals surface area contributed by atoms with Gasteiger partial charge in [0.2, 0.25) is 0 Å². The number of quaternary nitrogens is 1. The molecule has 0 bridgehead atoms. The molecule has 152 valence electrons. The molecule has 1 atom stereocenters. The lowest BCUT2D eigenvalue weighted by molar-refractivity contribution is -0.885. The summed E-state index contributed by atoms with van der Waals surface area (Å²) >= 11 is 5.86. The number of carbonyl (C=O) groups is 1. The molecule has 0 aliphatic heterocycles. The van der Waals surface area contributed by atoms with Crippen LogP contribution in [0, 0.1) is 0 Å². The zero-order valence-corrected chi connectivity index (χ0v) is 17.4. The molecule has 29 heavy (non-hydrogen) atoms. The first kappa shape index (κ1) is 21.1. The van der Waals surface area contributed by atoms with E-state index in [-0.39, 0.29) is 19.1 Å². The molecule has 5 nitrogen and oxygen atoms in total. The van der Waals surface area contributed by atoms with Crippen molar-refractivity contribution in [1.29, 1.82) is 0 Å². The summed E-state index contributed by atoms with van der Waals surface area (Å²) in [5.74, 6) is 0.618. The number of halogens is 1. The van der Waals surface area contributed by atoms with E-state index in [4.69, 9.17) is 16.3 Å². The number of aliphatic hydroxyl groups excluding tert-OH is 1. The topological polar surface area (TPSA) is 58.6 Å². The van der Waals surface area contributed by atoms with Crippen molar-refractivity contribution in [2.24, 2.45) is 0 Å². The van der Waals surface area contributed by atoms with E-state index in [1.54, 1.807) is 24.3 Å². The van der Waals surface area contributed by atoms with Gasteiger partial charge in [0.1, 0.15) is 25.0 Å². The minimum Gasteiger partial charge on any atom is -0.490 e. The molecule has 3 aromatic rings. The Labute approximate surface area is 176 Å². The summed E-state index contributed by atoms with van der Waals surface area (Å²) in [4.78, 5) is 12.3. The molecule has 0 saturated carbocycles. The quantitative estimate of drug-likeness (QED) is 0.550. The molecule has 0 saturated heterocycles. The summed E-state index contributed by atoms with van der Waals surface area (Å²) < 4.78 is 6.20. The highest BCUT2D eigenvalue weighted by Gasteiger charge is 2.24. The Morgan fingerprint density at radius 1 is 1.07 bits per heavy atom. The molecule has 1 unspecified atom stereocenters. The lowest BCUT2D eigenvalue weighted by Crippen LogP contribution is -2.50. The zero-order valence-electron chi connectivity index (χ0n) is 16.6. The molecule has 3 aromatic carbocycles. The third-order valence-corrected chi connectivity index (χ3v) is 4.84. The minimum atomic E-state index is -0.702. The largest absolute Gasteiger partial charge is 0.490 e. The smallest absolute Gasteiger partial charge is 0.279 e. The Hall–Kier alpha value is -2.60. The van der Waals surface area contributed by atoms with Crippen molar-refractivity contribution in [2.45, 2.75) is 6.10 Å². The van der Waals surface area contributed by atoms with Gasteiger partial charge < -0.3 is 19.6 Å². The molecule has 0 heterocycles. The highest BCUT2D eigenvalue weighted by atomic mass is 35.5. The second-order valence-corrected chi connectivity index (χ2v) is 8.21. The molecule has 0 spiro atoms. The molecule has 1 amide bonds. The molecule has 0 fully saturated rings. The summed E-state index contributed by atoms with van der Waals surface area (Å²) in [7, 11) is 3.81. The van der Waals surface area contributed by atoms with Crippen LogP contribution in [0.25, 0.3) is 10.8 Å². The van der Waals surface area contributed by atoms with Gasteiger partial charge in [0.25, 0.3) is 5.91 Å². The number of nitrogens with zero attached hydrogens (tertiary/aromatic N) is 1. The monoisotopic (exact) mass is 413 g/mol. The van der Waals surface area contributed by atoms with Crippen molar-refractivity contribution in [3.05, 3.63) is 71.8 Å². The van der Waals surface area contributed by atoms with E-state index in [0.29, 0.717) is 21.7 Å². The summed E-state index contributed by atoms with van der Waals surface area (Å²) in [6.45, 7) is 0.779. The van der Waals surface area contributed by atoms with Gasteiger partial charge in [0, 0.05) is 16.1 Å². The lowest BCUT2D eigenvalue weighted by atomic mass is 10.1. The lowest BCUT2D eigenvalue weighted by Gasteiger charge is -2.31. The predicted molar refractivity (Wildman–Crippen MR) is 117 cm³/mol. The van der Waals surface area contributed by atoms with E-state index in [0.717, 1.165) is 16.5 Å². The number of likely N-dealkylation sites (N-methyl/N-ethyl adjacent to an activating group) is 1. The number of anilines is 1. The third-order valence-electron chi connectivity index (χ3n) is 4.59. The molecule has 0 aromatic heterocycles. The van der Waals surface area contributed by atoms with Gasteiger partial charge in [-0.15, -0.1) is 0 Å². The van der Waals surface area contributed by atoms with Gasteiger partial charge in [-0.3, -0.25) is 4.79 Å². The number of benzene rings is 3. The summed E-state index contributed by atoms with van der Waals surface area (Å²) in [5.41, 5.74) is 0.694. The standard InChI is InChI=1S/C23H25ClN2O3/c1-26(2,15-23(28)25-19-12-10-18(24)11-13-19)14-20(27)16-29-22-9-5-7-17-6-3-4-8-21(17)22/h3-13,20,27H,14-16H2,1-2H3/p+1. The molecule has 2 N–H and O–H groups in total. The number of hydrogen-bond donors (Lipinski definition) is 2. The van der Waals surface area contributed by atoms with Crippen LogP contribution < -0.4 is 10.1 Å². The van der Waals surface area contributed by atoms with Gasteiger partial charge in [-0.05, 0) is 35.7 Å². The highest BCUT2D eigenvalue weighted by molar-refractivity contribution is 6.30. The average Bonchev–Trinajstić information content (AvgIpc) is 2.67. The van der Waals surface area contributed by atoms with Crippen LogP contribution in [0.3, 0.4) is 0 Å². The van der Waals surface area contributed by atoms with Crippen LogP contribution in [-0.2, 0) is 4.79 Å². The third kappa shape index (κ3) is 6.19. The molecule has 3 rings (SSSR count). The van der Waals surface area contributed by atoms with Crippen LogP contribution in [0.1, 0.15) is 0 Å². The highest BCUT2D eigenvalue weighted by Crippen LogP contribution is 2.25. The number of aliphatic hydroxyl groups is 1. The Morgan fingerprint density at radius 2 is 1.76 bits per heavy atom. The Kier molecular flexibility index (Phi) is 6.75. The average molecular weight is 414 g/mol. The van der Waals surface area contributed by atoms with Gasteiger partial charge in [0.15, 0.2) is 6.54 Å². The van der Waals surface area contributed by atoms with E-state index < -0.39 is 6.10 Å². The summed E-state index contributed by atoms with van der Waals surface area (Å²) in [6, 6.07) is 20.8. The van der Waals surface area contributed by atoms with Crippen LogP contribution in [-0.4, -0.2) is 55.4 Å². The van der Waals surface area contributed by atoms with Crippen molar-refractivity contribution in [3.63, 3.8) is 0 Å². The molecular weight excluding hydrogens is 388 g/mol. The Bertz CT molecular complexity index is 968. The van der Waals surface area contributed by atoms with Gasteiger partial charge in [-0.1, -0.05) is 48.0 Å². The van der Waals surface area contributed by atoms with Crippen LogP contribution in [0.2, 0.25) is 5.02 Å². The van der Waals surface area contributed by atoms with E-state index in [1.807, 2.05) is 56.6 Å². The van der Waals surface area contributed by atoms with Crippen LogP contribution in [0.15, 0.2) is 66.7 Å². The first-order valence-corrected chi connectivity index (χ1v) is 9.86. The summed E-state index contributed by atoms with van der Waals surface area (Å²) in [6.07, 6.45) is -0.702. The number of fused-ring (bicyclic) bond motifs is 1. The van der Waals surface area contributed by atoms with E-state index in [1.165, 1.54) is 0 Å². The van der Waals surface area contributed by atoms with Gasteiger partial charge >= 0.3 is 0 Å². The van der Waals surface area contributed by atoms with Crippen molar-refractivity contribution in [1.82, 2.24) is 0 Å². The SMILES string of the molecule is C[N+](C)(CC(=O)Nc1ccc(Cl)cc1)CC(O)COc1cccc2ccccc12. The van der Waals surface area contributed by atoms with E-state index >= 15 is 0 Å². The van der Waals surface area contributed by atoms with Crippen molar-refractivity contribution in [3.8, 4) is 5.75 Å². The normalized spacial score (nSPS) is 12.6. The van der Waals surface area contributed by atoms with Crippen LogP contribution in [0.4, 0.5) is 5.69 Å². The number of nitrogens with one attached hydrogen (secondary N) is 1. The van der Waals surface area contributed by atoms with Crippen molar-refractivity contribution < 1.29 is 19.1 Å². The van der Waals surface area contributed by atoms with E-state index in [9.17, 15) is 9.90 Å². The fourth-order valence-corrected chi connectivity index (χ4v) is 3.44. The second-order valence-electron chi connectivity index (χ2n) is 7.77. The minimum absolute atomic E-state index is 0.125. The molecule has 0 aliphatic rings. The number of ether oxygens (including phenoxy) is 1. The van der Waals surface area contributed by atoms with Crippen molar-refractivity contribution in [2.75, 3.05) is 39.1 Å². The molecule has 0 aliphatic carbocycles. The molecular formula is C23H26ClN2O3+. The number of carbonyl (C=O) groups excluding carboxylic acids is 1. The molecule has 0 radical (unpaired) electrons. The fraction of sp³-hybridized carbons (Fsp3) is 0.261. The maximum absolute atomic E-state index is 12.3. The predicted octanol–water partition coefficient (Wildman–Crippen LogP) is 3.95. The van der Waals surface area contributed by atoms with Gasteiger partial charge in [-0.25, -0.2) is 0 Å². The number of rotatable bonds is 8. The maximum atomic E-state index is 12.3. The number of hydrogen-bond acceptors (Lipinski definition) is 3. The van der Waals surface area contributed by atoms with Crippen LogP contribution >= 0.6 is 11.6 Å². The zero-order chi connectivity index (χ0) is 20.9.